The van der Waals surface area contributed by atoms with Crippen molar-refractivity contribution in [3.8, 4) is 22.4 Å². The molecule has 0 unspecified atom stereocenters. The molecule has 0 amide bonds. The van der Waals surface area contributed by atoms with E-state index in [0.717, 1.165) is 24.1 Å². The van der Waals surface area contributed by atoms with Gasteiger partial charge in [-0.25, -0.2) is 0 Å². The largest absolute Gasteiger partial charge is 0.255 e. The van der Waals surface area contributed by atoms with Gasteiger partial charge in [-0.1, -0.05) is 81.5 Å². The molecule has 0 aliphatic rings. The van der Waals surface area contributed by atoms with E-state index in [1.54, 1.807) is 0 Å². The average molecular weight is 341 g/mol. The van der Waals surface area contributed by atoms with Crippen LogP contribution in [0.5, 0.6) is 0 Å². The maximum Gasteiger partial charge on any atom is 0.0780 e. The molecule has 132 valence electrons. The smallest absolute Gasteiger partial charge is 0.0780 e. The van der Waals surface area contributed by atoms with Crippen LogP contribution in [0, 0.1) is 0 Å². The molecule has 3 rings (SSSR count). The van der Waals surface area contributed by atoms with E-state index in [0.29, 0.717) is 0 Å². The van der Waals surface area contributed by atoms with Crippen molar-refractivity contribution in [2.45, 2.75) is 39.5 Å². The van der Waals surface area contributed by atoms with Crippen molar-refractivity contribution in [2.24, 2.45) is 0 Å². The predicted molar refractivity (Wildman–Crippen MR) is 113 cm³/mol. The molecule has 1 nitrogen and oxygen atoms in total. The summed E-state index contributed by atoms with van der Waals surface area (Å²) < 4.78 is 0. The van der Waals surface area contributed by atoms with Crippen molar-refractivity contribution in [3.05, 3.63) is 84.1 Å². The Kier molecular flexibility index (Phi) is 6.01. The van der Waals surface area contributed by atoms with Gasteiger partial charge in [-0.15, -0.1) is 0 Å². The second kappa shape index (κ2) is 8.62. The number of nitrogens with zero attached hydrogens (tertiary/aromatic N) is 1. The van der Waals surface area contributed by atoms with Gasteiger partial charge in [0.1, 0.15) is 0 Å². The molecular formula is C25H27N. The fraction of sp³-hybridized carbons (Fsp3) is 0.240. The van der Waals surface area contributed by atoms with Crippen LogP contribution in [0.4, 0.5) is 0 Å². The Morgan fingerprint density at radius 2 is 1.58 bits per heavy atom. The Labute approximate surface area is 157 Å². The van der Waals surface area contributed by atoms with Gasteiger partial charge in [0.15, 0.2) is 0 Å². The minimum atomic E-state index is 1.05. The third-order valence-corrected chi connectivity index (χ3v) is 4.86. The van der Waals surface area contributed by atoms with Gasteiger partial charge in [0.2, 0.25) is 0 Å². The lowest BCUT2D eigenvalue weighted by molar-refractivity contribution is 0.792. The molecule has 0 atom stereocenters. The molecule has 0 saturated carbocycles. The van der Waals surface area contributed by atoms with E-state index in [-0.39, 0.29) is 0 Å². The number of hydrogen-bond acceptors (Lipinski definition) is 1. The maximum absolute atomic E-state index is 4.86. The van der Waals surface area contributed by atoms with Crippen LogP contribution in [0.3, 0.4) is 0 Å². The standard InChI is InChI=1S/C25H27N/c1-4-7-8-21-17-24(22-13-9-19(5-2)10-14-22)25(26-18-21)23-15-11-20(6-3)12-16-23/h5,9-18H,2,4,6-8H2,1,3H3. The molecule has 0 fully saturated rings. The Morgan fingerprint density at radius 1 is 0.885 bits per heavy atom. The predicted octanol–water partition coefficient (Wildman–Crippen LogP) is 6.96. The highest BCUT2D eigenvalue weighted by Crippen LogP contribution is 2.32. The summed E-state index contributed by atoms with van der Waals surface area (Å²) in [6.07, 6.45) is 8.45. The molecule has 1 aromatic heterocycles. The number of aromatic nitrogens is 1. The molecule has 0 aliphatic heterocycles. The van der Waals surface area contributed by atoms with Crippen molar-refractivity contribution >= 4 is 6.08 Å². The molecular weight excluding hydrogens is 314 g/mol. The lowest BCUT2D eigenvalue weighted by Gasteiger charge is -2.12. The summed E-state index contributed by atoms with van der Waals surface area (Å²) in [4.78, 5) is 4.86. The topological polar surface area (TPSA) is 12.9 Å². The van der Waals surface area contributed by atoms with E-state index >= 15 is 0 Å². The molecule has 0 N–H and O–H groups in total. The summed E-state index contributed by atoms with van der Waals surface area (Å²) >= 11 is 0. The number of hydrogen-bond donors (Lipinski definition) is 0. The lowest BCUT2D eigenvalue weighted by Crippen LogP contribution is -1.94. The third kappa shape index (κ3) is 4.11. The Hall–Kier alpha value is -2.67. The van der Waals surface area contributed by atoms with Gasteiger partial charge in [0, 0.05) is 17.3 Å². The van der Waals surface area contributed by atoms with Crippen molar-refractivity contribution < 1.29 is 0 Å². The zero-order valence-corrected chi connectivity index (χ0v) is 15.8. The molecule has 0 saturated heterocycles. The van der Waals surface area contributed by atoms with Crippen molar-refractivity contribution in [3.63, 3.8) is 0 Å². The zero-order chi connectivity index (χ0) is 18.4. The first kappa shape index (κ1) is 18.1. The first-order chi connectivity index (χ1) is 12.7. The average Bonchev–Trinajstić information content (AvgIpc) is 2.72. The van der Waals surface area contributed by atoms with Gasteiger partial charge in [0.25, 0.3) is 0 Å². The Balaban J connectivity index is 2.07. The monoisotopic (exact) mass is 341 g/mol. The van der Waals surface area contributed by atoms with Crippen LogP contribution >= 0.6 is 0 Å². The molecule has 1 heteroatoms. The van der Waals surface area contributed by atoms with Gasteiger partial charge < -0.3 is 0 Å². The lowest BCUT2D eigenvalue weighted by atomic mass is 9.95. The quantitative estimate of drug-likeness (QED) is 0.452. The Morgan fingerprint density at radius 3 is 2.19 bits per heavy atom. The van der Waals surface area contributed by atoms with E-state index in [9.17, 15) is 0 Å². The molecule has 2 aromatic carbocycles. The summed E-state index contributed by atoms with van der Waals surface area (Å²) in [5.41, 5.74) is 8.44. The zero-order valence-electron chi connectivity index (χ0n) is 15.8. The molecule has 0 bridgehead atoms. The second-order valence-corrected chi connectivity index (χ2v) is 6.72. The number of unbranched alkanes of at least 4 members (excludes halogenated alkanes) is 1. The molecule has 26 heavy (non-hydrogen) atoms. The van der Waals surface area contributed by atoms with Gasteiger partial charge in [-0.3, -0.25) is 4.98 Å². The minimum Gasteiger partial charge on any atom is -0.255 e. The summed E-state index contributed by atoms with van der Waals surface area (Å²) in [6, 6.07) is 19.7. The van der Waals surface area contributed by atoms with Gasteiger partial charge in [-0.05, 0) is 47.6 Å². The highest BCUT2D eigenvalue weighted by Gasteiger charge is 2.11. The number of pyridine rings is 1. The van der Waals surface area contributed by atoms with E-state index < -0.39 is 0 Å². The highest BCUT2D eigenvalue weighted by atomic mass is 14.7. The Bertz CT molecular complexity index is 858. The summed E-state index contributed by atoms with van der Waals surface area (Å²) in [5, 5.41) is 0. The minimum absolute atomic E-state index is 1.05. The molecule has 0 radical (unpaired) electrons. The SMILES string of the molecule is C=Cc1ccc(-c2cc(CCCC)cnc2-c2ccc(CC)cc2)cc1. The third-order valence-electron chi connectivity index (χ3n) is 4.86. The van der Waals surface area contributed by atoms with Gasteiger partial charge in [-0.2, -0.15) is 0 Å². The van der Waals surface area contributed by atoms with Crippen LogP contribution in [-0.4, -0.2) is 4.98 Å². The fourth-order valence-electron chi connectivity index (χ4n) is 3.17. The van der Waals surface area contributed by atoms with E-state index in [1.165, 1.54) is 40.7 Å². The molecule has 1 heterocycles. The molecule has 0 spiro atoms. The van der Waals surface area contributed by atoms with Crippen molar-refractivity contribution in [2.75, 3.05) is 0 Å². The summed E-state index contributed by atoms with van der Waals surface area (Å²) in [5.74, 6) is 0. The summed E-state index contributed by atoms with van der Waals surface area (Å²) in [7, 11) is 0. The van der Waals surface area contributed by atoms with Crippen molar-refractivity contribution in [1.82, 2.24) is 4.98 Å². The van der Waals surface area contributed by atoms with Crippen LogP contribution in [0.2, 0.25) is 0 Å². The number of rotatable bonds is 7. The van der Waals surface area contributed by atoms with Gasteiger partial charge in [0.05, 0.1) is 5.69 Å². The summed E-state index contributed by atoms with van der Waals surface area (Å²) in [6.45, 7) is 8.26. The highest BCUT2D eigenvalue weighted by molar-refractivity contribution is 5.81. The molecule has 3 aromatic rings. The van der Waals surface area contributed by atoms with Crippen LogP contribution in [0.15, 0.2) is 67.4 Å². The maximum atomic E-state index is 4.86. The molecule has 0 aliphatic carbocycles. The first-order valence-corrected chi connectivity index (χ1v) is 9.56. The number of benzene rings is 2. The van der Waals surface area contributed by atoms with Crippen LogP contribution in [-0.2, 0) is 12.8 Å². The van der Waals surface area contributed by atoms with E-state index in [4.69, 9.17) is 4.98 Å². The van der Waals surface area contributed by atoms with Crippen LogP contribution in [0.25, 0.3) is 28.5 Å². The van der Waals surface area contributed by atoms with Crippen LogP contribution < -0.4 is 0 Å². The van der Waals surface area contributed by atoms with E-state index in [2.05, 4.69) is 75.0 Å². The van der Waals surface area contributed by atoms with Gasteiger partial charge >= 0.3 is 0 Å². The van der Waals surface area contributed by atoms with Crippen molar-refractivity contribution in [1.29, 1.82) is 0 Å². The second-order valence-electron chi connectivity index (χ2n) is 6.72. The number of aryl methyl sites for hydroxylation is 2. The fourth-order valence-corrected chi connectivity index (χ4v) is 3.17. The first-order valence-electron chi connectivity index (χ1n) is 9.56. The van der Waals surface area contributed by atoms with E-state index in [1.807, 2.05) is 12.3 Å². The van der Waals surface area contributed by atoms with Crippen LogP contribution in [0.1, 0.15) is 43.4 Å². The normalized spacial score (nSPS) is 10.7.